The van der Waals surface area contributed by atoms with Crippen molar-refractivity contribution in [3.8, 4) is 0 Å². The zero-order valence-electron chi connectivity index (χ0n) is 14.2. The third kappa shape index (κ3) is 5.07. The summed E-state index contributed by atoms with van der Waals surface area (Å²) in [5.41, 5.74) is 2.42. The first-order chi connectivity index (χ1) is 10.3. The van der Waals surface area contributed by atoms with E-state index in [2.05, 4.69) is 42.8 Å². The first-order valence-electron chi connectivity index (χ1n) is 7.65. The Morgan fingerprint density at radius 3 is 2.38 bits per heavy atom. The molecule has 0 fully saturated rings. The second-order valence-electron chi connectivity index (χ2n) is 3.92. The van der Waals surface area contributed by atoms with Gasteiger partial charge in [0.25, 0.3) is 0 Å². The maximum absolute atomic E-state index is 4.36. The highest BCUT2D eigenvalue weighted by Crippen LogP contribution is 2.17. The predicted molar refractivity (Wildman–Crippen MR) is 97.2 cm³/mol. The molecule has 0 N–H and O–H groups in total. The highest BCUT2D eigenvalue weighted by Gasteiger charge is 2.03. The minimum absolute atomic E-state index is 0.835. The molecule has 0 atom stereocenters. The van der Waals surface area contributed by atoms with Gasteiger partial charge in [-0.3, -0.25) is 0 Å². The Bertz CT molecular complexity index is 601. The molecule has 1 aromatic heterocycles. The molecule has 0 aliphatic rings. The van der Waals surface area contributed by atoms with Crippen molar-refractivity contribution in [2.75, 3.05) is 0 Å². The van der Waals surface area contributed by atoms with Crippen LogP contribution >= 0.6 is 0 Å². The van der Waals surface area contributed by atoms with Crippen LogP contribution in [0, 0.1) is 6.92 Å². The number of hydrogen-bond acceptors (Lipinski definition) is 1. The second kappa shape index (κ2) is 10.7. The van der Waals surface area contributed by atoms with Crippen molar-refractivity contribution >= 4 is 16.7 Å². The molecular weight excluding hydrogens is 256 g/mol. The van der Waals surface area contributed by atoms with Crippen LogP contribution in [-0.4, -0.2) is 10.4 Å². The average Bonchev–Trinajstić information content (AvgIpc) is 2.95. The first kappa shape index (κ1) is 18.9. The van der Waals surface area contributed by atoms with Crippen molar-refractivity contribution in [2.24, 2.45) is 4.99 Å². The molecule has 0 saturated heterocycles. The van der Waals surface area contributed by atoms with Gasteiger partial charge in [-0.25, -0.2) is 4.99 Å². The quantitative estimate of drug-likeness (QED) is 0.477. The van der Waals surface area contributed by atoms with E-state index < -0.39 is 0 Å². The fourth-order valence-electron chi connectivity index (χ4n) is 1.83. The highest BCUT2D eigenvalue weighted by molar-refractivity contribution is 6.01. The van der Waals surface area contributed by atoms with E-state index in [9.17, 15) is 0 Å². The molecule has 0 radical (unpaired) electrons. The van der Waals surface area contributed by atoms with Crippen LogP contribution in [0.1, 0.15) is 40.2 Å². The molecular formula is C19H28N2. The molecule has 0 spiro atoms. The highest BCUT2D eigenvalue weighted by atomic mass is 15.0. The van der Waals surface area contributed by atoms with Gasteiger partial charge in [0.15, 0.2) is 0 Å². The minimum Gasteiger partial charge on any atom is -0.301 e. The molecule has 2 nitrogen and oxygen atoms in total. The number of aryl methyl sites for hydroxylation is 1. The summed E-state index contributed by atoms with van der Waals surface area (Å²) in [6.07, 6.45) is 7.46. The normalized spacial score (nSPS) is 10.7. The van der Waals surface area contributed by atoms with Crippen LogP contribution in [0.3, 0.4) is 0 Å². The number of nitrogens with zero attached hydrogens (tertiary/aromatic N) is 2. The van der Waals surface area contributed by atoms with E-state index >= 15 is 0 Å². The lowest BCUT2D eigenvalue weighted by molar-refractivity contribution is 1.21. The predicted octanol–water partition coefficient (Wildman–Crippen LogP) is 5.97. The molecule has 114 valence electrons. The van der Waals surface area contributed by atoms with Gasteiger partial charge in [-0.2, -0.15) is 0 Å². The standard InChI is InChI=1S/C15H16N2.2C2H6/c1-4-9-16-15(5-2)17-10-8-13-11-12(3)6-7-14(13)17;2*1-2/h4-11H,2H2,1,3H3;2*1-2H3/b9-4-,16-15?;;. The summed E-state index contributed by atoms with van der Waals surface area (Å²) in [6.45, 7) is 15.9. The molecule has 0 unspecified atom stereocenters. The largest absolute Gasteiger partial charge is 0.301 e. The van der Waals surface area contributed by atoms with Gasteiger partial charge in [0.2, 0.25) is 0 Å². The number of rotatable bonds is 2. The van der Waals surface area contributed by atoms with Crippen molar-refractivity contribution in [3.05, 3.63) is 61.0 Å². The van der Waals surface area contributed by atoms with E-state index in [0.29, 0.717) is 0 Å². The van der Waals surface area contributed by atoms with Gasteiger partial charge in [0.05, 0.1) is 5.52 Å². The number of benzene rings is 1. The summed E-state index contributed by atoms with van der Waals surface area (Å²) in [6, 6.07) is 8.48. The Labute approximate surface area is 129 Å². The average molecular weight is 284 g/mol. The van der Waals surface area contributed by atoms with Crippen molar-refractivity contribution in [1.29, 1.82) is 0 Å². The maximum Gasteiger partial charge on any atom is 0.136 e. The van der Waals surface area contributed by atoms with Crippen molar-refractivity contribution in [3.63, 3.8) is 0 Å². The molecule has 0 bridgehead atoms. The fraction of sp³-hybridized carbons (Fsp3) is 0.316. The molecule has 0 amide bonds. The van der Waals surface area contributed by atoms with Crippen LogP contribution in [0.15, 0.2) is 60.4 Å². The Morgan fingerprint density at radius 2 is 1.81 bits per heavy atom. The topological polar surface area (TPSA) is 17.3 Å². The number of fused-ring (bicyclic) bond motifs is 1. The Hall–Kier alpha value is -2.09. The number of allylic oxidation sites excluding steroid dienone is 2. The zero-order valence-corrected chi connectivity index (χ0v) is 14.2. The van der Waals surface area contributed by atoms with Gasteiger partial charge in [-0.05, 0) is 38.1 Å². The minimum atomic E-state index is 0.835. The van der Waals surface area contributed by atoms with Crippen molar-refractivity contribution in [2.45, 2.75) is 41.5 Å². The van der Waals surface area contributed by atoms with Crippen molar-refractivity contribution in [1.82, 2.24) is 4.57 Å². The maximum atomic E-state index is 4.36. The van der Waals surface area contributed by atoms with Gasteiger partial charge in [0.1, 0.15) is 5.84 Å². The molecule has 2 heteroatoms. The van der Waals surface area contributed by atoms with E-state index in [4.69, 9.17) is 0 Å². The Morgan fingerprint density at radius 1 is 1.14 bits per heavy atom. The van der Waals surface area contributed by atoms with Gasteiger partial charge in [0, 0.05) is 17.8 Å². The SMILES string of the molecule is C=CC(=N/C=C\C)n1ccc2cc(C)ccc21.CC.CC. The summed E-state index contributed by atoms with van der Waals surface area (Å²) in [4.78, 5) is 4.36. The summed E-state index contributed by atoms with van der Waals surface area (Å²) >= 11 is 0. The number of hydrogen-bond donors (Lipinski definition) is 0. The monoisotopic (exact) mass is 284 g/mol. The summed E-state index contributed by atoms with van der Waals surface area (Å²) < 4.78 is 2.04. The molecule has 1 aromatic carbocycles. The van der Waals surface area contributed by atoms with Crippen LogP contribution in [0.5, 0.6) is 0 Å². The van der Waals surface area contributed by atoms with Crippen LogP contribution in [0.4, 0.5) is 0 Å². The van der Waals surface area contributed by atoms with E-state index in [0.717, 1.165) is 11.4 Å². The van der Waals surface area contributed by atoms with E-state index in [1.54, 1.807) is 12.3 Å². The lowest BCUT2D eigenvalue weighted by Gasteiger charge is -2.04. The van der Waals surface area contributed by atoms with Gasteiger partial charge >= 0.3 is 0 Å². The number of aromatic nitrogens is 1. The van der Waals surface area contributed by atoms with Gasteiger partial charge < -0.3 is 4.57 Å². The molecule has 21 heavy (non-hydrogen) atoms. The number of aliphatic imine (C=N–C) groups is 1. The Kier molecular flexibility index (Phi) is 9.61. The fourth-order valence-corrected chi connectivity index (χ4v) is 1.83. The molecule has 0 aliphatic carbocycles. The summed E-state index contributed by atoms with van der Waals surface area (Å²) in [5, 5.41) is 1.22. The van der Waals surface area contributed by atoms with Gasteiger partial charge in [-0.15, -0.1) is 0 Å². The third-order valence-corrected chi connectivity index (χ3v) is 2.63. The zero-order chi connectivity index (χ0) is 16.3. The molecule has 0 saturated carbocycles. The summed E-state index contributed by atoms with van der Waals surface area (Å²) in [7, 11) is 0. The van der Waals surface area contributed by atoms with E-state index in [1.165, 1.54) is 10.9 Å². The molecule has 2 aromatic rings. The van der Waals surface area contributed by atoms with E-state index in [1.807, 2.05) is 51.5 Å². The van der Waals surface area contributed by atoms with E-state index in [-0.39, 0.29) is 0 Å². The third-order valence-electron chi connectivity index (χ3n) is 2.63. The van der Waals surface area contributed by atoms with Crippen LogP contribution in [-0.2, 0) is 0 Å². The second-order valence-corrected chi connectivity index (χ2v) is 3.92. The lowest BCUT2D eigenvalue weighted by atomic mass is 10.2. The smallest absolute Gasteiger partial charge is 0.136 e. The summed E-state index contributed by atoms with van der Waals surface area (Å²) in [5.74, 6) is 0.835. The van der Waals surface area contributed by atoms with Crippen LogP contribution in [0.25, 0.3) is 10.9 Å². The first-order valence-corrected chi connectivity index (χ1v) is 7.65. The molecule has 1 heterocycles. The van der Waals surface area contributed by atoms with Gasteiger partial charge in [-0.1, -0.05) is 52.0 Å². The van der Waals surface area contributed by atoms with Crippen LogP contribution < -0.4 is 0 Å². The molecule has 0 aliphatic heterocycles. The van der Waals surface area contributed by atoms with Crippen molar-refractivity contribution < 1.29 is 0 Å². The Balaban J connectivity index is 0.000000921. The molecule has 2 rings (SSSR count). The lowest BCUT2D eigenvalue weighted by Crippen LogP contribution is -2.06. The van der Waals surface area contributed by atoms with Crippen LogP contribution in [0.2, 0.25) is 0 Å².